The summed E-state index contributed by atoms with van der Waals surface area (Å²) in [5.74, 6) is 0.295. The van der Waals surface area contributed by atoms with Gasteiger partial charge in [-0.1, -0.05) is 18.2 Å². The van der Waals surface area contributed by atoms with Gasteiger partial charge in [-0.25, -0.2) is 9.37 Å². The molecule has 0 saturated heterocycles. The van der Waals surface area contributed by atoms with Crippen molar-refractivity contribution < 1.29 is 8.81 Å². The van der Waals surface area contributed by atoms with Gasteiger partial charge in [0, 0.05) is 18.2 Å². The molecule has 96 valence electrons. The second-order valence-corrected chi connectivity index (χ2v) is 4.42. The molecule has 0 unspecified atom stereocenters. The fourth-order valence-electron chi connectivity index (χ4n) is 2.06. The number of nitrogen functional groups attached to an aromatic ring is 1. The van der Waals surface area contributed by atoms with Crippen molar-refractivity contribution in [2.75, 3.05) is 5.73 Å². The van der Waals surface area contributed by atoms with Gasteiger partial charge in [0.1, 0.15) is 11.3 Å². The van der Waals surface area contributed by atoms with Crippen molar-refractivity contribution in [3.8, 4) is 0 Å². The Morgan fingerprint density at radius 3 is 2.79 bits per heavy atom. The Labute approximate surface area is 109 Å². The SMILES string of the molecule is Nc1ccccc1CCc1nc2cc(F)ccc2o1. The Kier molecular flexibility index (Phi) is 2.91. The molecular formula is C15H13FN2O. The molecule has 1 aromatic heterocycles. The quantitative estimate of drug-likeness (QED) is 0.731. The summed E-state index contributed by atoms with van der Waals surface area (Å²) in [6, 6.07) is 12.0. The van der Waals surface area contributed by atoms with Crippen LogP contribution in [0.5, 0.6) is 0 Å². The lowest BCUT2D eigenvalue weighted by atomic mass is 10.1. The number of aryl methyl sites for hydroxylation is 2. The molecule has 2 aromatic carbocycles. The molecule has 3 rings (SSSR count). The lowest BCUT2D eigenvalue weighted by molar-refractivity contribution is 0.528. The number of para-hydroxylation sites is 1. The summed E-state index contributed by atoms with van der Waals surface area (Å²) in [5, 5.41) is 0. The summed E-state index contributed by atoms with van der Waals surface area (Å²) >= 11 is 0. The van der Waals surface area contributed by atoms with Gasteiger partial charge in [0.2, 0.25) is 0 Å². The maximum atomic E-state index is 13.1. The minimum absolute atomic E-state index is 0.306. The van der Waals surface area contributed by atoms with E-state index in [0.29, 0.717) is 23.4 Å². The van der Waals surface area contributed by atoms with Crippen LogP contribution in [-0.4, -0.2) is 4.98 Å². The lowest BCUT2D eigenvalue weighted by Gasteiger charge is -2.02. The first kappa shape index (κ1) is 11.7. The number of oxazole rings is 1. The highest BCUT2D eigenvalue weighted by atomic mass is 19.1. The van der Waals surface area contributed by atoms with E-state index < -0.39 is 0 Å². The molecule has 3 nitrogen and oxygen atoms in total. The Hall–Kier alpha value is -2.36. The zero-order valence-corrected chi connectivity index (χ0v) is 10.3. The second-order valence-electron chi connectivity index (χ2n) is 4.42. The number of rotatable bonds is 3. The van der Waals surface area contributed by atoms with E-state index in [1.165, 1.54) is 12.1 Å². The number of hydrogen-bond acceptors (Lipinski definition) is 3. The van der Waals surface area contributed by atoms with Gasteiger partial charge in [-0.3, -0.25) is 0 Å². The van der Waals surface area contributed by atoms with Crippen LogP contribution < -0.4 is 5.73 Å². The van der Waals surface area contributed by atoms with Gasteiger partial charge < -0.3 is 10.2 Å². The highest BCUT2D eigenvalue weighted by Crippen LogP contribution is 2.19. The Balaban J connectivity index is 1.80. The molecule has 4 heteroatoms. The van der Waals surface area contributed by atoms with Crippen LogP contribution in [-0.2, 0) is 12.8 Å². The first-order valence-electron chi connectivity index (χ1n) is 6.11. The average Bonchev–Trinajstić information content (AvgIpc) is 2.79. The summed E-state index contributed by atoms with van der Waals surface area (Å²) in [7, 11) is 0. The third-order valence-electron chi connectivity index (χ3n) is 3.06. The van der Waals surface area contributed by atoms with E-state index in [2.05, 4.69) is 4.98 Å². The van der Waals surface area contributed by atoms with Gasteiger partial charge in [-0.2, -0.15) is 0 Å². The zero-order chi connectivity index (χ0) is 13.2. The van der Waals surface area contributed by atoms with Crippen molar-refractivity contribution in [1.82, 2.24) is 4.98 Å². The van der Waals surface area contributed by atoms with Gasteiger partial charge in [-0.15, -0.1) is 0 Å². The Morgan fingerprint density at radius 2 is 1.95 bits per heavy atom. The van der Waals surface area contributed by atoms with Crippen LogP contribution >= 0.6 is 0 Å². The molecular weight excluding hydrogens is 243 g/mol. The van der Waals surface area contributed by atoms with Crippen molar-refractivity contribution in [3.63, 3.8) is 0 Å². The Morgan fingerprint density at radius 1 is 1.11 bits per heavy atom. The standard InChI is InChI=1S/C15H13FN2O/c16-11-6-7-14-13(9-11)18-15(19-14)8-5-10-3-1-2-4-12(10)17/h1-4,6-7,9H,5,8,17H2. The van der Waals surface area contributed by atoms with Crippen LogP contribution in [0.1, 0.15) is 11.5 Å². The summed E-state index contributed by atoms with van der Waals surface area (Å²) < 4.78 is 18.6. The van der Waals surface area contributed by atoms with Gasteiger partial charge in [0.05, 0.1) is 0 Å². The number of aromatic nitrogens is 1. The van der Waals surface area contributed by atoms with Crippen LogP contribution in [0.2, 0.25) is 0 Å². The number of hydrogen-bond donors (Lipinski definition) is 1. The van der Waals surface area contributed by atoms with E-state index in [0.717, 1.165) is 17.7 Å². The number of nitrogens with two attached hydrogens (primary N) is 1. The third-order valence-corrected chi connectivity index (χ3v) is 3.06. The minimum Gasteiger partial charge on any atom is -0.441 e. The maximum Gasteiger partial charge on any atom is 0.195 e. The minimum atomic E-state index is -0.306. The molecule has 2 N–H and O–H groups in total. The Bertz CT molecular complexity index is 721. The number of anilines is 1. The molecule has 0 atom stereocenters. The van der Waals surface area contributed by atoms with Crippen LogP contribution in [0.15, 0.2) is 46.9 Å². The topological polar surface area (TPSA) is 52.0 Å². The van der Waals surface area contributed by atoms with Gasteiger partial charge in [0.25, 0.3) is 0 Å². The van der Waals surface area contributed by atoms with Gasteiger partial charge >= 0.3 is 0 Å². The van der Waals surface area contributed by atoms with Crippen LogP contribution in [0.3, 0.4) is 0 Å². The summed E-state index contributed by atoms with van der Waals surface area (Å²) in [5.41, 5.74) is 8.87. The highest BCUT2D eigenvalue weighted by Gasteiger charge is 2.07. The molecule has 0 bridgehead atoms. The molecule has 0 radical (unpaired) electrons. The summed E-state index contributed by atoms with van der Waals surface area (Å²) in [6.07, 6.45) is 1.40. The van der Waals surface area contributed by atoms with E-state index in [4.69, 9.17) is 10.2 Å². The molecule has 0 spiro atoms. The average molecular weight is 256 g/mol. The predicted octanol–water partition coefficient (Wildman–Crippen LogP) is 3.33. The predicted molar refractivity (Wildman–Crippen MR) is 72.2 cm³/mol. The van der Waals surface area contributed by atoms with Crippen molar-refractivity contribution in [1.29, 1.82) is 0 Å². The molecule has 19 heavy (non-hydrogen) atoms. The van der Waals surface area contributed by atoms with Crippen LogP contribution in [0.25, 0.3) is 11.1 Å². The monoisotopic (exact) mass is 256 g/mol. The van der Waals surface area contributed by atoms with Crippen molar-refractivity contribution in [3.05, 3.63) is 59.7 Å². The third kappa shape index (κ3) is 2.42. The summed E-state index contributed by atoms with van der Waals surface area (Å²) in [4.78, 5) is 4.27. The van der Waals surface area contributed by atoms with E-state index in [-0.39, 0.29) is 5.82 Å². The number of fused-ring (bicyclic) bond motifs is 1. The molecule has 0 aliphatic rings. The van der Waals surface area contributed by atoms with E-state index >= 15 is 0 Å². The number of benzene rings is 2. The second kappa shape index (κ2) is 4.72. The van der Waals surface area contributed by atoms with Crippen LogP contribution in [0, 0.1) is 5.82 Å². The molecule has 0 aliphatic heterocycles. The molecule has 1 heterocycles. The first-order chi connectivity index (χ1) is 9.22. The maximum absolute atomic E-state index is 13.1. The molecule has 0 fully saturated rings. The highest BCUT2D eigenvalue weighted by molar-refractivity contribution is 5.72. The lowest BCUT2D eigenvalue weighted by Crippen LogP contribution is -1.96. The number of nitrogens with zero attached hydrogens (tertiary/aromatic N) is 1. The molecule has 0 aliphatic carbocycles. The summed E-state index contributed by atoms with van der Waals surface area (Å²) in [6.45, 7) is 0. The first-order valence-corrected chi connectivity index (χ1v) is 6.11. The zero-order valence-electron chi connectivity index (χ0n) is 10.3. The van der Waals surface area contributed by atoms with Crippen molar-refractivity contribution in [2.45, 2.75) is 12.8 Å². The van der Waals surface area contributed by atoms with Crippen LogP contribution in [0.4, 0.5) is 10.1 Å². The van der Waals surface area contributed by atoms with E-state index in [1.54, 1.807) is 6.07 Å². The molecule has 0 saturated carbocycles. The number of halogens is 1. The van der Waals surface area contributed by atoms with E-state index in [1.807, 2.05) is 24.3 Å². The van der Waals surface area contributed by atoms with Crippen molar-refractivity contribution >= 4 is 16.8 Å². The smallest absolute Gasteiger partial charge is 0.195 e. The largest absolute Gasteiger partial charge is 0.441 e. The fourth-order valence-corrected chi connectivity index (χ4v) is 2.06. The molecule has 0 amide bonds. The van der Waals surface area contributed by atoms with E-state index in [9.17, 15) is 4.39 Å². The fraction of sp³-hybridized carbons (Fsp3) is 0.133. The van der Waals surface area contributed by atoms with Gasteiger partial charge in [-0.05, 0) is 30.2 Å². The molecule has 3 aromatic rings. The van der Waals surface area contributed by atoms with Crippen molar-refractivity contribution in [2.24, 2.45) is 0 Å². The normalized spacial score (nSPS) is 11.0. The van der Waals surface area contributed by atoms with Gasteiger partial charge in [0.15, 0.2) is 11.5 Å².